The monoisotopic (exact) mass is 331 g/mol. The lowest BCUT2D eigenvalue weighted by Gasteiger charge is -2.39. The number of carbonyl (C=O) groups excluding carboxylic acids is 1. The fraction of sp³-hybridized carbons (Fsp3) is 0.615. The first kappa shape index (κ1) is 14.2. The van der Waals surface area contributed by atoms with E-state index in [1.54, 1.807) is 11.3 Å². The number of thiophene rings is 1. The Hall–Kier alpha value is -0.230. The average Bonchev–Trinajstić information content (AvgIpc) is 2.76. The van der Waals surface area contributed by atoms with Crippen molar-refractivity contribution in [3.8, 4) is 0 Å². The van der Waals surface area contributed by atoms with Gasteiger partial charge in [0.15, 0.2) is 5.78 Å². The highest BCUT2D eigenvalue weighted by Crippen LogP contribution is 2.26. The van der Waals surface area contributed by atoms with Crippen molar-refractivity contribution in [1.29, 1.82) is 0 Å². The summed E-state index contributed by atoms with van der Waals surface area (Å²) in [5.74, 6) is 0.271. The molecule has 2 heterocycles. The normalized spacial score (nSPS) is 17.9. The summed E-state index contributed by atoms with van der Waals surface area (Å²) in [5, 5.41) is 2.01. The zero-order valence-electron chi connectivity index (χ0n) is 10.7. The molecule has 0 radical (unpaired) electrons. The molecule has 1 saturated heterocycles. The summed E-state index contributed by atoms with van der Waals surface area (Å²) in [6, 6.07) is 2.00. The first-order valence-electron chi connectivity index (χ1n) is 6.10. The lowest BCUT2D eigenvalue weighted by molar-refractivity contribution is -0.131. The van der Waals surface area contributed by atoms with Crippen LogP contribution in [-0.2, 0) is 16.0 Å². The van der Waals surface area contributed by atoms with Crippen molar-refractivity contribution in [2.24, 2.45) is 0 Å². The maximum absolute atomic E-state index is 12.5. The Balaban J connectivity index is 2.04. The largest absolute Gasteiger partial charge is 0.379 e. The molecule has 2 rings (SSSR count). The van der Waals surface area contributed by atoms with Gasteiger partial charge >= 0.3 is 0 Å². The molecule has 0 unspecified atom stereocenters. The Morgan fingerprint density at radius 2 is 2.17 bits per heavy atom. The highest BCUT2D eigenvalue weighted by atomic mass is 79.9. The van der Waals surface area contributed by atoms with Gasteiger partial charge in [-0.2, -0.15) is 0 Å². The van der Waals surface area contributed by atoms with E-state index in [0.717, 1.165) is 35.7 Å². The van der Waals surface area contributed by atoms with Crippen LogP contribution >= 0.6 is 27.3 Å². The number of ether oxygens (including phenoxy) is 1. The standard InChI is InChI=1S/C13H18BrNO2S/c1-13(2,15-4-6-17-7-5-15)12(16)9-11-10(14)3-8-18-11/h3,8H,4-7,9H2,1-2H3. The predicted octanol–water partition coefficient (Wildman–Crippen LogP) is 2.73. The van der Waals surface area contributed by atoms with Crippen LogP contribution in [0.3, 0.4) is 0 Å². The molecule has 1 fully saturated rings. The number of rotatable bonds is 4. The first-order chi connectivity index (χ1) is 8.51. The van der Waals surface area contributed by atoms with Crippen LogP contribution in [0.25, 0.3) is 0 Å². The third-order valence-electron chi connectivity index (χ3n) is 3.50. The number of carbonyl (C=O) groups is 1. The molecule has 0 aromatic carbocycles. The molecule has 0 aliphatic carbocycles. The number of hydrogen-bond acceptors (Lipinski definition) is 4. The van der Waals surface area contributed by atoms with E-state index in [0.29, 0.717) is 6.42 Å². The van der Waals surface area contributed by atoms with Crippen LogP contribution in [0.5, 0.6) is 0 Å². The summed E-state index contributed by atoms with van der Waals surface area (Å²) < 4.78 is 6.38. The highest BCUT2D eigenvalue weighted by molar-refractivity contribution is 9.10. The van der Waals surface area contributed by atoms with Crippen molar-refractivity contribution in [2.75, 3.05) is 26.3 Å². The smallest absolute Gasteiger partial charge is 0.157 e. The molecule has 0 amide bonds. The number of hydrogen-bond donors (Lipinski definition) is 0. The molecule has 0 atom stereocenters. The van der Waals surface area contributed by atoms with E-state index in [9.17, 15) is 4.79 Å². The van der Waals surface area contributed by atoms with Crippen molar-refractivity contribution in [3.63, 3.8) is 0 Å². The highest BCUT2D eigenvalue weighted by Gasteiger charge is 2.35. The summed E-state index contributed by atoms with van der Waals surface area (Å²) in [6.07, 6.45) is 0.503. The second-order valence-corrected chi connectivity index (χ2v) is 6.81. The third-order valence-corrected chi connectivity index (χ3v) is 5.42. The van der Waals surface area contributed by atoms with Crippen LogP contribution in [0.4, 0.5) is 0 Å². The van der Waals surface area contributed by atoms with Gasteiger partial charge in [-0.25, -0.2) is 0 Å². The van der Waals surface area contributed by atoms with Gasteiger partial charge < -0.3 is 4.74 Å². The topological polar surface area (TPSA) is 29.5 Å². The van der Waals surface area contributed by atoms with E-state index >= 15 is 0 Å². The predicted molar refractivity (Wildman–Crippen MR) is 77.2 cm³/mol. The van der Waals surface area contributed by atoms with Crippen molar-refractivity contribution in [1.82, 2.24) is 4.90 Å². The van der Waals surface area contributed by atoms with Gasteiger partial charge in [0.25, 0.3) is 0 Å². The Kier molecular flexibility index (Phi) is 4.59. The molecular weight excluding hydrogens is 314 g/mol. The minimum Gasteiger partial charge on any atom is -0.379 e. The maximum atomic E-state index is 12.5. The maximum Gasteiger partial charge on any atom is 0.157 e. The molecule has 1 aromatic rings. The summed E-state index contributed by atoms with van der Waals surface area (Å²) in [4.78, 5) is 15.8. The van der Waals surface area contributed by atoms with Gasteiger partial charge in [-0.1, -0.05) is 0 Å². The van der Waals surface area contributed by atoms with Gasteiger partial charge in [0.1, 0.15) is 0 Å². The Labute approximate surface area is 120 Å². The van der Waals surface area contributed by atoms with E-state index in [1.807, 2.05) is 25.3 Å². The van der Waals surface area contributed by atoms with Gasteiger partial charge in [-0.05, 0) is 41.2 Å². The lowest BCUT2D eigenvalue weighted by Crippen LogP contribution is -2.54. The average molecular weight is 332 g/mol. The molecule has 0 spiro atoms. The van der Waals surface area contributed by atoms with Gasteiger partial charge in [0.2, 0.25) is 0 Å². The van der Waals surface area contributed by atoms with E-state index in [1.165, 1.54) is 0 Å². The molecule has 100 valence electrons. The van der Waals surface area contributed by atoms with Crippen molar-refractivity contribution in [2.45, 2.75) is 25.8 Å². The number of Topliss-reactive ketones (excluding diaryl/α,β-unsaturated/α-hetero) is 1. The van der Waals surface area contributed by atoms with E-state index in [2.05, 4.69) is 20.8 Å². The fourth-order valence-electron chi connectivity index (χ4n) is 2.11. The number of nitrogens with zero attached hydrogens (tertiary/aromatic N) is 1. The van der Waals surface area contributed by atoms with Crippen LogP contribution in [-0.4, -0.2) is 42.5 Å². The molecule has 5 heteroatoms. The van der Waals surface area contributed by atoms with Crippen LogP contribution in [0.2, 0.25) is 0 Å². The van der Waals surface area contributed by atoms with E-state index in [-0.39, 0.29) is 5.78 Å². The molecule has 1 aromatic heterocycles. The molecule has 1 aliphatic rings. The van der Waals surface area contributed by atoms with Crippen LogP contribution in [0.15, 0.2) is 15.9 Å². The summed E-state index contributed by atoms with van der Waals surface area (Å²) in [7, 11) is 0. The second-order valence-electron chi connectivity index (χ2n) is 4.95. The molecule has 0 bridgehead atoms. The number of morpholine rings is 1. The minimum atomic E-state index is -0.410. The van der Waals surface area contributed by atoms with Crippen LogP contribution < -0.4 is 0 Å². The molecule has 0 N–H and O–H groups in total. The summed E-state index contributed by atoms with van der Waals surface area (Å²) in [5.41, 5.74) is -0.410. The molecule has 0 saturated carbocycles. The first-order valence-corrected chi connectivity index (χ1v) is 7.77. The Bertz CT molecular complexity index is 424. The van der Waals surface area contributed by atoms with E-state index in [4.69, 9.17) is 4.74 Å². The van der Waals surface area contributed by atoms with Crippen LogP contribution in [0.1, 0.15) is 18.7 Å². The van der Waals surface area contributed by atoms with Crippen LogP contribution in [0, 0.1) is 0 Å². The lowest BCUT2D eigenvalue weighted by atomic mass is 9.93. The summed E-state index contributed by atoms with van der Waals surface area (Å²) >= 11 is 5.11. The molecular formula is C13H18BrNO2S. The molecule has 3 nitrogen and oxygen atoms in total. The zero-order valence-corrected chi connectivity index (χ0v) is 13.1. The number of halogens is 1. The molecule has 18 heavy (non-hydrogen) atoms. The van der Waals surface area contributed by atoms with E-state index < -0.39 is 5.54 Å². The Morgan fingerprint density at radius 1 is 1.50 bits per heavy atom. The SMILES string of the molecule is CC(C)(C(=O)Cc1sccc1Br)N1CCOCC1. The quantitative estimate of drug-likeness (QED) is 0.849. The van der Waals surface area contributed by atoms with Gasteiger partial charge in [-0.3, -0.25) is 9.69 Å². The third kappa shape index (κ3) is 3.02. The van der Waals surface area contributed by atoms with Crippen molar-refractivity contribution >= 4 is 33.0 Å². The van der Waals surface area contributed by atoms with Gasteiger partial charge in [0.05, 0.1) is 18.8 Å². The number of ketones is 1. The van der Waals surface area contributed by atoms with Gasteiger partial charge in [0, 0.05) is 28.9 Å². The zero-order chi connectivity index (χ0) is 13.2. The van der Waals surface area contributed by atoms with Gasteiger partial charge in [-0.15, -0.1) is 11.3 Å². The van der Waals surface area contributed by atoms with Crippen molar-refractivity contribution < 1.29 is 9.53 Å². The summed E-state index contributed by atoms with van der Waals surface area (Å²) in [6.45, 7) is 7.15. The fourth-order valence-corrected chi connectivity index (χ4v) is 3.60. The van der Waals surface area contributed by atoms with Crippen molar-refractivity contribution in [3.05, 3.63) is 20.8 Å². The Morgan fingerprint density at radius 3 is 2.72 bits per heavy atom. The minimum absolute atomic E-state index is 0.271. The second kappa shape index (κ2) is 5.82. The molecule has 1 aliphatic heterocycles.